The average molecular weight is 186 g/mol. The van der Waals surface area contributed by atoms with E-state index in [1.165, 1.54) is 19.3 Å². The molecule has 0 amide bonds. The van der Waals surface area contributed by atoms with E-state index in [0.29, 0.717) is 6.04 Å². The van der Waals surface area contributed by atoms with Gasteiger partial charge in [0, 0.05) is 19.3 Å². The van der Waals surface area contributed by atoms with Gasteiger partial charge in [0.2, 0.25) is 0 Å². The molecule has 1 aliphatic rings. The largest absolute Gasteiger partial charge is 0.382 e. The normalized spacial score (nSPS) is 19.8. The van der Waals surface area contributed by atoms with Crippen molar-refractivity contribution in [2.24, 2.45) is 11.8 Å². The monoisotopic (exact) mass is 186 g/mol. The van der Waals surface area contributed by atoms with E-state index in [1.807, 2.05) is 6.92 Å². The first-order chi connectivity index (χ1) is 6.38. The van der Waals surface area contributed by atoms with Gasteiger partial charge in [0.25, 0.3) is 0 Å². The number of ether oxygens (including phenoxy) is 1. The molecule has 3 nitrogen and oxygen atoms in total. The molecule has 0 aromatic heterocycles. The molecule has 1 rings (SSSR count). The van der Waals surface area contributed by atoms with Crippen LogP contribution in [-0.4, -0.2) is 19.3 Å². The van der Waals surface area contributed by atoms with Gasteiger partial charge in [-0.25, -0.2) is 0 Å². The Morgan fingerprint density at radius 3 is 2.77 bits per heavy atom. The highest BCUT2D eigenvalue weighted by molar-refractivity contribution is 4.80. The lowest BCUT2D eigenvalue weighted by Crippen LogP contribution is -2.43. The Morgan fingerprint density at radius 1 is 1.54 bits per heavy atom. The fraction of sp³-hybridized carbons (Fsp3) is 1.00. The van der Waals surface area contributed by atoms with Crippen LogP contribution in [0.15, 0.2) is 0 Å². The summed E-state index contributed by atoms with van der Waals surface area (Å²) in [6, 6.07) is 0.522. The van der Waals surface area contributed by atoms with Gasteiger partial charge in [0.15, 0.2) is 0 Å². The Bertz CT molecular complexity index is 126. The van der Waals surface area contributed by atoms with E-state index >= 15 is 0 Å². The number of nitrogens with two attached hydrogens (primary N) is 1. The highest BCUT2D eigenvalue weighted by Crippen LogP contribution is 2.30. The maximum atomic E-state index is 5.51. The van der Waals surface area contributed by atoms with E-state index < -0.39 is 0 Å². The van der Waals surface area contributed by atoms with Crippen molar-refractivity contribution in [1.82, 2.24) is 5.43 Å². The zero-order chi connectivity index (χ0) is 9.52. The molecule has 0 aliphatic heterocycles. The predicted molar refractivity (Wildman–Crippen MR) is 54.2 cm³/mol. The van der Waals surface area contributed by atoms with Crippen LogP contribution < -0.4 is 11.3 Å². The lowest BCUT2D eigenvalue weighted by molar-refractivity contribution is 0.132. The molecule has 1 saturated carbocycles. The van der Waals surface area contributed by atoms with Crippen molar-refractivity contribution in [2.45, 2.75) is 45.1 Å². The Labute approximate surface area is 81.0 Å². The van der Waals surface area contributed by atoms with Crippen LogP contribution in [0.25, 0.3) is 0 Å². The molecule has 3 N–H and O–H groups in total. The molecule has 78 valence electrons. The van der Waals surface area contributed by atoms with Crippen LogP contribution in [0.4, 0.5) is 0 Å². The van der Waals surface area contributed by atoms with Crippen molar-refractivity contribution in [1.29, 1.82) is 0 Å². The lowest BCUT2D eigenvalue weighted by atomic mass is 9.78. The van der Waals surface area contributed by atoms with Crippen LogP contribution in [0.2, 0.25) is 0 Å². The summed E-state index contributed by atoms with van der Waals surface area (Å²) >= 11 is 0. The molecule has 1 aliphatic carbocycles. The van der Waals surface area contributed by atoms with E-state index in [0.717, 1.165) is 32.0 Å². The summed E-state index contributed by atoms with van der Waals surface area (Å²) in [7, 11) is 0. The third-order valence-corrected chi connectivity index (χ3v) is 2.94. The van der Waals surface area contributed by atoms with Gasteiger partial charge in [-0.3, -0.25) is 11.3 Å². The SMILES string of the molecule is CCOCCCC(NN)C1CCC1. The van der Waals surface area contributed by atoms with Crippen LogP contribution in [0, 0.1) is 5.92 Å². The van der Waals surface area contributed by atoms with Crippen LogP contribution in [0.5, 0.6) is 0 Å². The average Bonchev–Trinajstić information content (AvgIpc) is 2.07. The van der Waals surface area contributed by atoms with E-state index in [1.54, 1.807) is 0 Å². The molecule has 1 unspecified atom stereocenters. The second-order valence-electron chi connectivity index (χ2n) is 3.80. The number of hydrazine groups is 1. The molecular formula is C10H22N2O. The Balaban J connectivity index is 2.02. The van der Waals surface area contributed by atoms with Crippen molar-refractivity contribution in [3.05, 3.63) is 0 Å². The van der Waals surface area contributed by atoms with Gasteiger partial charge in [0.1, 0.15) is 0 Å². The van der Waals surface area contributed by atoms with Crippen molar-refractivity contribution in [3.63, 3.8) is 0 Å². The Morgan fingerprint density at radius 2 is 2.31 bits per heavy atom. The second kappa shape index (κ2) is 6.35. The first-order valence-electron chi connectivity index (χ1n) is 5.42. The summed E-state index contributed by atoms with van der Waals surface area (Å²) in [5.74, 6) is 6.33. The minimum absolute atomic E-state index is 0.522. The standard InChI is InChI=1S/C10H22N2O/c1-2-13-8-4-7-10(12-11)9-5-3-6-9/h9-10,12H,2-8,11H2,1H3. The maximum absolute atomic E-state index is 5.51. The molecule has 3 heteroatoms. The Hall–Kier alpha value is -0.120. The predicted octanol–water partition coefficient (Wildman–Crippen LogP) is 1.44. The van der Waals surface area contributed by atoms with E-state index in [4.69, 9.17) is 10.6 Å². The molecule has 1 atom stereocenters. The first-order valence-corrected chi connectivity index (χ1v) is 5.42. The zero-order valence-electron chi connectivity index (χ0n) is 8.59. The summed E-state index contributed by atoms with van der Waals surface area (Å²) in [6.07, 6.45) is 6.36. The van der Waals surface area contributed by atoms with Crippen LogP contribution >= 0.6 is 0 Å². The smallest absolute Gasteiger partial charge is 0.0466 e. The van der Waals surface area contributed by atoms with Crippen LogP contribution in [0.3, 0.4) is 0 Å². The number of hydrogen-bond donors (Lipinski definition) is 2. The molecule has 0 spiro atoms. The van der Waals surface area contributed by atoms with Gasteiger partial charge in [-0.15, -0.1) is 0 Å². The van der Waals surface area contributed by atoms with Crippen molar-refractivity contribution in [3.8, 4) is 0 Å². The Kier molecular flexibility index (Phi) is 5.35. The van der Waals surface area contributed by atoms with Crippen LogP contribution in [0.1, 0.15) is 39.0 Å². The molecule has 13 heavy (non-hydrogen) atoms. The zero-order valence-corrected chi connectivity index (χ0v) is 8.59. The van der Waals surface area contributed by atoms with E-state index in [9.17, 15) is 0 Å². The quantitative estimate of drug-likeness (QED) is 0.359. The van der Waals surface area contributed by atoms with Crippen molar-refractivity contribution >= 4 is 0 Å². The summed E-state index contributed by atoms with van der Waals surface area (Å²) < 4.78 is 5.29. The van der Waals surface area contributed by atoms with Gasteiger partial charge in [0.05, 0.1) is 0 Å². The summed E-state index contributed by atoms with van der Waals surface area (Å²) in [5, 5.41) is 0. The molecule has 0 aromatic rings. The highest BCUT2D eigenvalue weighted by atomic mass is 16.5. The second-order valence-corrected chi connectivity index (χ2v) is 3.80. The highest BCUT2D eigenvalue weighted by Gasteiger charge is 2.25. The number of rotatable bonds is 7. The minimum Gasteiger partial charge on any atom is -0.382 e. The summed E-state index contributed by atoms with van der Waals surface area (Å²) in [6.45, 7) is 3.73. The van der Waals surface area contributed by atoms with Gasteiger partial charge in [-0.2, -0.15) is 0 Å². The molecule has 0 heterocycles. The fourth-order valence-electron chi connectivity index (χ4n) is 1.85. The number of hydrogen-bond acceptors (Lipinski definition) is 3. The van der Waals surface area contributed by atoms with Crippen molar-refractivity contribution < 1.29 is 4.74 Å². The summed E-state index contributed by atoms with van der Waals surface area (Å²) in [5.41, 5.74) is 2.93. The molecular weight excluding hydrogens is 164 g/mol. The molecule has 1 fully saturated rings. The number of nitrogens with one attached hydrogen (secondary N) is 1. The van der Waals surface area contributed by atoms with Gasteiger partial charge >= 0.3 is 0 Å². The molecule has 0 aromatic carbocycles. The minimum atomic E-state index is 0.522. The van der Waals surface area contributed by atoms with Gasteiger partial charge in [-0.1, -0.05) is 6.42 Å². The topological polar surface area (TPSA) is 47.3 Å². The molecule has 0 radical (unpaired) electrons. The van der Waals surface area contributed by atoms with Gasteiger partial charge in [-0.05, 0) is 38.5 Å². The molecule has 0 saturated heterocycles. The lowest BCUT2D eigenvalue weighted by Gasteiger charge is -2.33. The van der Waals surface area contributed by atoms with Crippen molar-refractivity contribution in [2.75, 3.05) is 13.2 Å². The van der Waals surface area contributed by atoms with E-state index in [2.05, 4.69) is 5.43 Å². The third kappa shape index (κ3) is 3.63. The molecule has 0 bridgehead atoms. The van der Waals surface area contributed by atoms with Gasteiger partial charge < -0.3 is 4.74 Å². The van der Waals surface area contributed by atoms with E-state index in [-0.39, 0.29) is 0 Å². The summed E-state index contributed by atoms with van der Waals surface area (Å²) in [4.78, 5) is 0. The van der Waals surface area contributed by atoms with Crippen LogP contribution in [-0.2, 0) is 4.74 Å². The fourth-order valence-corrected chi connectivity index (χ4v) is 1.85. The first kappa shape index (κ1) is 11.0. The maximum Gasteiger partial charge on any atom is 0.0466 e. The third-order valence-electron chi connectivity index (χ3n) is 2.94.